The molecular formula is C21H21N5O5. The minimum absolute atomic E-state index is 0.00352. The smallest absolute Gasteiger partial charge is 0.353 e. The predicted octanol–water partition coefficient (Wildman–Crippen LogP) is 4.45. The first-order chi connectivity index (χ1) is 15.0. The molecule has 3 aromatic rings. The van der Waals surface area contributed by atoms with Crippen molar-refractivity contribution in [3.63, 3.8) is 0 Å². The Bertz CT molecular complexity index is 1090. The van der Waals surface area contributed by atoms with Crippen LogP contribution < -0.4 is 15.4 Å². The van der Waals surface area contributed by atoms with Gasteiger partial charge in [-0.05, 0) is 44.2 Å². The van der Waals surface area contributed by atoms with Crippen LogP contribution in [-0.2, 0) is 4.74 Å². The summed E-state index contributed by atoms with van der Waals surface area (Å²) in [6.45, 7) is 4.24. The molecule has 0 saturated carbocycles. The van der Waals surface area contributed by atoms with E-state index in [1.165, 1.54) is 12.4 Å². The number of benzene rings is 2. The van der Waals surface area contributed by atoms with E-state index in [0.717, 1.165) is 0 Å². The molecule has 3 rings (SSSR count). The molecule has 160 valence electrons. The highest BCUT2D eigenvalue weighted by molar-refractivity contribution is 5.91. The molecule has 2 aromatic carbocycles. The average molecular weight is 423 g/mol. The Morgan fingerprint density at radius 3 is 2.48 bits per heavy atom. The second-order valence-electron chi connectivity index (χ2n) is 6.16. The number of rotatable bonds is 9. The summed E-state index contributed by atoms with van der Waals surface area (Å²) in [7, 11) is 0. The number of para-hydroxylation sites is 2. The van der Waals surface area contributed by atoms with Crippen LogP contribution in [0.4, 0.5) is 28.7 Å². The van der Waals surface area contributed by atoms with Crippen LogP contribution in [0.3, 0.4) is 0 Å². The fraction of sp³-hybridized carbons (Fsp3) is 0.190. The molecule has 0 radical (unpaired) electrons. The lowest BCUT2D eigenvalue weighted by Crippen LogP contribution is -2.07. The zero-order valence-corrected chi connectivity index (χ0v) is 17.0. The van der Waals surface area contributed by atoms with Gasteiger partial charge in [0.15, 0.2) is 0 Å². The molecule has 0 atom stereocenters. The van der Waals surface area contributed by atoms with Crippen LogP contribution in [0.1, 0.15) is 24.2 Å². The van der Waals surface area contributed by atoms with Crippen LogP contribution in [0.5, 0.6) is 5.75 Å². The van der Waals surface area contributed by atoms with Crippen molar-refractivity contribution in [2.24, 2.45) is 0 Å². The van der Waals surface area contributed by atoms with Crippen LogP contribution in [-0.4, -0.2) is 34.1 Å². The lowest BCUT2D eigenvalue weighted by atomic mass is 10.2. The first kappa shape index (κ1) is 21.5. The van der Waals surface area contributed by atoms with Gasteiger partial charge in [-0.1, -0.05) is 18.2 Å². The number of nitrogens with one attached hydrogen (secondary N) is 2. The molecule has 0 saturated heterocycles. The van der Waals surface area contributed by atoms with Crippen molar-refractivity contribution < 1.29 is 19.2 Å². The van der Waals surface area contributed by atoms with Crippen molar-refractivity contribution in [3.05, 3.63) is 70.5 Å². The standard InChI is InChI=1S/C21H21N5O5/c1-3-30-17-11-6-5-10-16(17)25-20-18(26(28)29)19(22-13-23-20)24-15-9-7-8-14(12-15)21(27)31-4-2/h5-13H,3-4H2,1-2H3,(H2,22,23,24,25). The van der Waals surface area contributed by atoms with Crippen LogP contribution in [0.25, 0.3) is 0 Å². The van der Waals surface area contributed by atoms with Crippen LogP contribution in [0.15, 0.2) is 54.9 Å². The molecule has 0 fully saturated rings. The van der Waals surface area contributed by atoms with Gasteiger partial charge in [0.2, 0.25) is 11.6 Å². The maximum Gasteiger partial charge on any atom is 0.353 e. The van der Waals surface area contributed by atoms with Gasteiger partial charge in [0.25, 0.3) is 0 Å². The highest BCUT2D eigenvalue weighted by Gasteiger charge is 2.24. The highest BCUT2D eigenvalue weighted by Crippen LogP contribution is 2.35. The van der Waals surface area contributed by atoms with E-state index in [4.69, 9.17) is 9.47 Å². The number of aromatic nitrogens is 2. The summed E-state index contributed by atoms with van der Waals surface area (Å²) >= 11 is 0. The van der Waals surface area contributed by atoms with Gasteiger partial charge in [0, 0.05) is 5.69 Å². The fourth-order valence-electron chi connectivity index (χ4n) is 2.79. The van der Waals surface area contributed by atoms with Crippen LogP contribution in [0, 0.1) is 10.1 Å². The third-order valence-corrected chi connectivity index (χ3v) is 4.08. The van der Waals surface area contributed by atoms with Crippen LogP contribution in [0.2, 0.25) is 0 Å². The van der Waals surface area contributed by atoms with Gasteiger partial charge >= 0.3 is 11.7 Å². The van der Waals surface area contributed by atoms with E-state index in [0.29, 0.717) is 29.3 Å². The lowest BCUT2D eigenvalue weighted by molar-refractivity contribution is -0.383. The van der Waals surface area contributed by atoms with Gasteiger partial charge in [0.1, 0.15) is 12.1 Å². The van der Waals surface area contributed by atoms with Crippen molar-refractivity contribution in [1.29, 1.82) is 0 Å². The van der Waals surface area contributed by atoms with Gasteiger partial charge in [-0.15, -0.1) is 0 Å². The summed E-state index contributed by atoms with van der Waals surface area (Å²) in [6.07, 6.45) is 1.20. The summed E-state index contributed by atoms with van der Waals surface area (Å²) in [6, 6.07) is 13.5. The lowest BCUT2D eigenvalue weighted by Gasteiger charge is -2.13. The second kappa shape index (κ2) is 10.0. The second-order valence-corrected chi connectivity index (χ2v) is 6.16. The van der Waals surface area contributed by atoms with E-state index in [-0.39, 0.29) is 23.9 Å². The number of carbonyl (C=O) groups excluding carboxylic acids is 1. The number of nitrogens with zero attached hydrogens (tertiary/aromatic N) is 3. The Kier molecular flexibility index (Phi) is 6.94. The number of hydrogen-bond donors (Lipinski definition) is 2. The third-order valence-electron chi connectivity index (χ3n) is 4.08. The molecule has 0 unspecified atom stereocenters. The maximum atomic E-state index is 12.0. The molecule has 10 nitrogen and oxygen atoms in total. The largest absolute Gasteiger partial charge is 0.492 e. The summed E-state index contributed by atoms with van der Waals surface area (Å²) < 4.78 is 10.5. The highest BCUT2D eigenvalue weighted by atomic mass is 16.6. The van der Waals surface area contributed by atoms with Crippen molar-refractivity contribution in [2.45, 2.75) is 13.8 Å². The zero-order valence-electron chi connectivity index (χ0n) is 17.0. The predicted molar refractivity (Wildman–Crippen MR) is 115 cm³/mol. The first-order valence-electron chi connectivity index (χ1n) is 9.56. The number of esters is 1. The topological polar surface area (TPSA) is 129 Å². The van der Waals surface area contributed by atoms with E-state index >= 15 is 0 Å². The molecule has 2 N–H and O–H groups in total. The first-order valence-corrected chi connectivity index (χ1v) is 9.56. The molecule has 10 heteroatoms. The number of hydrogen-bond acceptors (Lipinski definition) is 9. The summed E-state index contributed by atoms with van der Waals surface area (Å²) in [4.78, 5) is 31.3. The van der Waals surface area contributed by atoms with Gasteiger partial charge in [-0.25, -0.2) is 14.8 Å². The summed E-state index contributed by atoms with van der Waals surface area (Å²) in [5.41, 5.74) is 0.928. The Labute approximate surface area is 178 Å². The zero-order chi connectivity index (χ0) is 22.2. The monoisotopic (exact) mass is 423 g/mol. The van der Waals surface area contributed by atoms with Gasteiger partial charge in [0.05, 0.1) is 29.4 Å². The van der Waals surface area contributed by atoms with Crippen molar-refractivity contribution in [2.75, 3.05) is 23.8 Å². The minimum atomic E-state index is -0.580. The molecule has 0 aliphatic rings. The number of anilines is 4. The third kappa shape index (κ3) is 5.24. The SMILES string of the molecule is CCOC(=O)c1cccc(Nc2ncnc(Nc3ccccc3OCC)c2[N+](=O)[O-])c1. The van der Waals surface area contributed by atoms with E-state index in [1.807, 2.05) is 6.92 Å². The molecule has 1 aromatic heterocycles. The van der Waals surface area contributed by atoms with E-state index < -0.39 is 10.9 Å². The minimum Gasteiger partial charge on any atom is -0.492 e. The number of ether oxygens (including phenoxy) is 2. The van der Waals surface area contributed by atoms with E-state index in [9.17, 15) is 14.9 Å². The molecular weight excluding hydrogens is 402 g/mol. The summed E-state index contributed by atoms with van der Waals surface area (Å²) in [5.74, 6) is 0.0152. The van der Waals surface area contributed by atoms with Gasteiger partial charge in [-0.2, -0.15) is 0 Å². The average Bonchev–Trinajstić information content (AvgIpc) is 2.75. The maximum absolute atomic E-state index is 12.0. The van der Waals surface area contributed by atoms with Crippen molar-refractivity contribution >= 4 is 34.7 Å². The molecule has 0 spiro atoms. The summed E-state index contributed by atoms with van der Waals surface area (Å²) in [5, 5.41) is 17.7. The Hall–Kier alpha value is -4.21. The van der Waals surface area contributed by atoms with E-state index in [1.54, 1.807) is 49.4 Å². The Balaban J connectivity index is 1.94. The molecule has 0 bridgehead atoms. The van der Waals surface area contributed by atoms with Crippen LogP contribution >= 0.6 is 0 Å². The molecule has 1 heterocycles. The van der Waals surface area contributed by atoms with Crippen molar-refractivity contribution in [1.82, 2.24) is 9.97 Å². The van der Waals surface area contributed by atoms with Gasteiger partial charge < -0.3 is 20.1 Å². The Morgan fingerprint density at radius 1 is 1.03 bits per heavy atom. The number of carbonyl (C=O) groups is 1. The quantitative estimate of drug-likeness (QED) is 0.291. The fourth-order valence-corrected chi connectivity index (χ4v) is 2.79. The molecule has 0 aliphatic heterocycles. The molecule has 31 heavy (non-hydrogen) atoms. The Morgan fingerprint density at radius 2 is 1.77 bits per heavy atom. The van der Waals surface area contributed by atoms with Crippen molar-refractivity contribution in [3.8, 4) is 5.75 Å². The molecule has 0 aliphatic carbocycles. The number of nitro groups is 1. The molecule has 0 amide bonds. The van der Waals surface area contributed by atoms with E-state index in [2.05, 4.69) is 20.6 Å². The normalized spacial score (nSPS) is 10.3. The van der Waals surface area contributed by atoms with Gasteiger partial charge in [-0.3, -0.25) is 10.1 Å².